The molecule has 4 nitrogen and oxygen atoms in total. The minimum atomic E-state index is -4.63. The molecule has 0 spiro atoms. The first kappa shape index (κ1) is 15.8. The molecule has 0 aromatic heterocycles. The van der Waals surface area contributed by atoms with E-state index in [-0.39, 0.29) is 6.42 Å². The summed E-state index contributed by atoms with van der Waals surface area (Å²) >= 11 is 0. The summed E-state index contributed by atoms with van der Waals surface area (Å²) in [7, 11) is -4.13. The SMILES string of the molecule is O=C1NCCCCC1S(=O)(=O)c1cccc(C(F)(F)F)c1. The Balaban J connectivity index is 2.41. The largest absolute Gasteiger partial charge is 0.416 e. The molecule has 1 N–H and O–H groups in total. The molecule has 1 aromatic rings. The lowest BCUT2D eigenvalue weighted by Gasteiger charge is -2.15. The molecule has 0 bridgehead atoms. The topological polar surface area (TPSA) is 63.2 Å². The zero-order valence-corrected chi connectivity index (χ0v) is 11.8. The molecule has 0 radical (unpaired) electrons. The Bertz CT molecular complexity index is 640. The van der Waals surface area contributed by atoms with Crippen LogP contribution in [0.2, 0.25) is 0 Å². The Morgan fingerprint density at radius 3 is 2.57 bits per heavy atom. The van der Waals surface area contributed by atoms with Gasteiger partial charge in [0.25, 0.3) is 0 Å². The second kappa shape index (κ2) is 5.67. The van der Waals surface area contributed by atoms with Crippen molar-refractivity contribution in [3.63, 3.8) is 0 Å². The van der Waals surface area contributed by atoms with Gasteiger partial charge in [-0.15, -0.1) is 0 Å². The average Bonchev–Trinajstić information content (AvgIpc) is 2.63. The maximum absolute atomic E-state index is 12.7. The summed E-state index contributed by atoms with van der Waals surface area (Å²) in [6.07, 6.45) is -3.33. The van der Waals surface area contributed by atoms with Crippen LogP contribution >= 0.6 is 0 Å². The van der Waals surface area contributed by atoms with E-state index in [1.54, 1.807) is 0 Å². The van der Waals surface area contributed by atoms with Crippen LogP contribution in [0.25, 0.3) is 0 Å². The molecular formula is C13H14F3NO3S. The van der Waals surface area contributed by atoms with E-state index in [1.165, 1.54) is 0 Å². The van der Waals surface area contributed by atoms with E-state index in [2.05, 4.69) is 5.32 Å². The second-order valence-corrected chi connectivity index (χ2v) is 6.98. The normalized spacial score (nSPS) is 20.7. The summed E-state index contributed by atoms with van der Waals surface area (Å²) in [6.45, 7) is 0.382. The molecule has 1 saturated heterocycles. The van der Waals surface area contributed by atoms with E-state index in [9.17, 15) is 26.4 Å². The highest BCUT2D eigenvalue weighted by molar-refractivity contribution is 7.92. The Morgan fingerprint density at radius 2 is 1.90 bits per heavy atom. The number of alkyl halides is 3. The summed E-state index contributed by atoms with van der Waals surface area (Å²) < 4.78 is 62.8. The molecular weight excluding hydrogens is 307 g/mol. The summed E-state index contributed by atoms with van der Waals surface area (Å²) in [5, 5.41) is 1.14. The van der Waals surface area contributed by atoms with Gasteiger partial charge in [-0.3, -0.25) is 4.79 Å². The number of carbonyl (C=O) groups is 1. The molecule has 2 rings (SSSR count). The van der Waals surface area contributed by atoms with E-state index in [0.29, 0.717) is 25.5 Å². The number of benzene rings is 1. The third kappa shape index (κ3) is 3.37. The summed E-state index contributed by atoms with van der Waals surface area (Å²) in [4.78, 5) is 11.3. The number of carbonyl (C=O) groups excluding carboxylic acids is 1. The van der Waals surface area contributed by atoms with Crippen molar-refractivity contribution >= 4 is 15.7 Å². The maximum atomic E-state index is 12.7. The first-order valence-electron chi connectivity index (χ1n) is 6.42. The highest BCUT2D eigenvalue weighted by Crippen LogP contribution is 2.31. The lowest BCUT2D eigenvalue weighted by Crippen LogP contribution is -2.38. The molecule has 116 valence electrons. The first-order valence-corrected chi connectivity index (χ1v) is 7.96. The van der Waals surface area contributed by atoms with Gasteiger partial charge >= 0.3 is 6.18 Å². The number of halogens is 3. The minimum absolute atomic E-state index is 0.115. The van der Waals surface area contributed by atoms with Crippen LogP contribution in [0.15, 0.2) is 29.2 Å². The molecule has 1 aliphatic heterocycles. The van der Waals surface area contributed by atoms with Gasteiger partial charge in [0.15, 0.2) is 9.84 Å². The molecule has 1 atom stereocenters. The van der Waals surface area contributed by atoms with Crippen molar-refractivity contribution in [3.05, 3.63) is 29.8 Å². The predicted octanol–water partition coefficient (Wildman–Crippen LogP) is 2.15. The molecule has 1 heterocycles. The first-order chi connectivity index (χ1) is 9.73. The molecule has 1 unspecified atom stereocenters. The minimum Gasteiger partial charge on any atom is -0.355 e. The molecule has 0 saturated carbocycles. The van der Waals surface area contributed by atoms with Gasteiger partial charge in [0.05, 0.1) is 10.5 Å². The second-order valence-electron chi connectivity index (χ2n) is 4.85. The van der Waals surface area contributed by atoms with Gasteiger partial charge in [0.1, 0.15) is 5.25 Å². The van der Waals surface area contributed by atoms with Gasteiger partial charge in [-0.25, -0.2) is 8.42 Å². The Hall–Kier alpha value is -1.57. The van der Waals surface area contributed by atoms with Gasteiger partial charge in [0, 0.05) is 6.54 Å². The molecule has 1 aliphatic rings. The molecule has 1 amide bonds. The van der Waals surface area contributed by atoms with Gasteiger partial charge in [-0.2, -0.15) is 13.2 Å². The van der Waals surface area contributed by atoms with E-state index >= 15 is 0 Å². The fourth-order valence-electron chi connectivity index (χ4n) is 2.22. The quantitative estimate of drug-likeness (QED) is 0.908. The van der Waals surface area contributed by atoms with Crippen LogP contribution in [-0.2, 0) is 20.8 Å². The van der Waals surface area contributed by atoms with E-state index in [0.717, 1.165) is 18.2 Å². The number of rotatable bonds is 2. The Morgan fingerprint density at radius 1 is 1.19 bits per heavy atom. The van der Waals surface area contributed by atoms with E-state index in [1.807, 2.05) is 0 Å². The lowest BCUT2D eigenvalue weighted by atomic mass is 10.2. The predicted molar refractivity (Wildman–Crippen MR) is 69.3 cm³/mol. The number of amides is 1. The molecule has 8 heteroatoms. The van der Waals surface area contributed by atoms with Crippen LogP contribution in [0.5, 0.6) is 0 Å². The average molecular weight is 321 g/mol. The highest BCUT2D eigenvalue weighted by atomic mass is 32.2. The number of hydrogen-bond acceptors (Lipinski definition) is 3. The number of hydrogen-bond donors (Lipinski definition) is 1. The van der Waals surface area contributed by atoms with Gasteiger partial charge in [-0.05, 0) is 37.5 Å². The summed E-state index contributed by atoms with van der Waals surface area (Å²) in [6, 6.07) is 3.49. The maximum Gasteiger partial charge on any atom is 0.416 e. The Labute approximate surface area is 120 Å². The molecule has 0 aliphatic carbocycles. The van der Waals surface area contributed by atoms with Gasteiger partial charge < -0.3 is 5.32 Å². The van der Waals surface area contributed by atoms with Crippen LogP contribution in [0.1, 0.15) is 24.8 Å². The number of nitrogens with one attached hydrogen (secondary N) is 1. The van der Waals surface area contributed by atoms with Crippen molar-refractivity contribution < 1.29 is 26.4 Å². The van der Waals surface area contributed by atoms with Crippen molar-refractivity contribution in [1.82, 2.24) is 5.32 Å². The van der Waals surface area contributed by atoms with Crippen molar-refractivity contribution in [2.24, 2.45) is 0 Å². The van der Waals surface area contributed by atoms with Gasteiger partial charge in [0.2, 0.25) is 5.91 Å². The molecule has 1 fully saturated rings. The molecule has 1 aromatic carbocycles. The molecule has 21 heavy (non-hydrogen) atoms. The fourth-order valence-corrected chi connectivity index (χ4v) is 3.95. The van der Waals surface area contributed by atoms with Crippen LogP contribution in [0.4, 0.5) is 13.2 Å². The van der Waals surface area contributed by atoms with E-state index < -0.39 is 37.6 Å². The van der Waals surface area contributed by atoms with Crippen LogP contribution in [0, 0.1) is 0 Å². The van der Waals surface area contributed by atoms with Crippen LogP contribution in [0.3, 0.4) is 0 Å². The number of sulfone groups is 1. The monoisotopic (exact) mass is 321 g/mol. The smallest absolute Gasteiger partial charge is 0.355 e. The summed E-state index contributed by atoms with van der Waals surface area (Å²) in [5.41, 5.74) is -1.04. The Kier molecular flexibility index (Phi) is 4.27. The van der Waals surface area contributed by atoms with Crippen LogP contribution in [-0.4, -0.2) is 26.1 Å². The fraction of sp³-hybridized carbons (Fsp3) is 0.462. The zero-order valence-electron chi connectivity index (χ0n) is 11.0. The van der Waals surface area contributed by atoms with Gasteiger partial charge in [-0.1, -0.05) is 6.07 Å². The van der Waals surface area contributed by atoms with Crippen molar-refractivity contribution in [2.75, 3.05) is 6.54 Å². The lowest BCUT2D eigenvalue weighted by molar-refractivity contribution is -0.137. The standard InChI is InChI=1S/C13H14F3NO3S/c14-13(15,16)9-4-3-5-10(8-9)21(19,20)11-6-1-2-7-17-12(11)18/h3-5,8,11H,1-2,6-7H2,(H,17,18). The van der Waals surface area contributed by atoms with Crippen molar-refractivity contribution in [3.8, 4) is 0 Å². The zero-order chi connectivity index (χ0) is 15.7. The third-order valence-corrected chi connectivity index (χ3v) is 5.46. The van der Waals surface area contributed by atoms with Crippen molar-refractivity contribution in [2.45, 2.75) is 35.6 Å². The van der Waals surface area contributed by atoms with Crippen molar-refractivity contribution in [1.29, 1.82) is 0 Å². The van der Waals surface area contributed by atoms with Crippen LogP contribution < -0.4 is 5.32 Å². The highest BCUT2D eigenvalue weighted by Gasteiger charge is 2.37. The summed E-state index contributed by atoms with van der Waals surface area (Å²) in [5.74, 6) is -0.648. The van der Waals surface area contributed by atoms with E-state index in [4.69, 9.17) is 0 Å². The third-order valence-electron chi connectivity index (χ3n) is 3.35.